The third kappa shape index (κ3) is 4.30. The summed E-state index contributed by atoms with van der Waals surface area (Å²) >= 11 is 0. The highest BCUT2D eigenvalue weighted by Gasteiger charge is 2.24. The van der Waals surface area contributed by atoms with Crippen LogP contribution in [0.3, 0.4) is 0 Å². The second-order valence-electron chi connectivity index (χ2n) is 7.27. The molecule has 1 aromatic heterocycles. The standard InChI is InChI=1S/C22H23FN4O2/c1-15(28)26(2)19-8-6-16(7-9-19)13-27-11-10-21-20(14-27)22(25-29-21)24-18-5-3-4-17(23)12-18/h3-9,12H,10-11,13-14H2,1-2H3,(H,24,25). The van der Waals surface area contributed by atoms with Gasteiger partial charge < -0.3 is 14.7 Å². The molecular weight excluding hydrogens is 371 g/mol. The van der Waals surface area contributed by atoms with E-state index >= 15 is 0 Å². The molecule has 0 fully saturated rings. The predicted octanol–water partition coefficient (Wildman–Crippen LogP) is 4.10. The van der Waals surface area contributed by atoms with Gasteiger partial charge in [-0.3, -0.25) is 9.69 Å². The predicted molar refractivity (Wildman–Crippen MR) is 110 cm³/mol. The lowest BCUT2D eigenvalue weighted by molar-refractivity contribution is -0.116. The number of rotatable bonds is 5. The minimum Gasteiger partial charge on any atom is -0.359 e. The molecule has 0 radical (unpaired) electrons. The summed E-state index contributed by atoms with van der Waals surface area (Å²) in [6.07, 6.45) is 0.776. The minimum atomic E-state index is -0.298. The van der Waals surface area contributed by atoms with Gasteiger partial charge in [0.1, 0.15) is 11.6 Å². The number of carbonyl (C=O) groups is 1. The van der Waals surface area contributed by atoms with Gasteiger partial charge >= 0.3 is 0 Å². The molecule has 1 aliphatic rings. The molecule has 29 heavy (non-hydrogen) atoms. The van der Waals surface area contributed by atoms with Crippen molar-refractivity contribution in [2.24, 2.45) is 0 Å². The third-order valence-corrected chi connectivity index (χ3v) is 5.20. The molecule has 0 bridgehead atoms. The molecule has 150 valence electrons. The summed E-state index contributed by atoms with van der Waals surface area (Å²) in [6, 6.07) is 14.3. The van der Waals surface area contributed by atoms with Crippen LogP contribution in [0.5, 0.6) is 0 Å². The molecule has 0 saturated carbocycles. The molecule has 2 aromatic carbocycles. The van der Waals surface area contributed by atoms with Gasteiger partial charge in [0.25, 0.3) is 0 Å². The number of benzene rings is 2. The Morgan fingerprint density at radius 3 is 2.79 bits per heavy atom. The van der Waals surface area contributed by atoms with Crippen molar-refractivity contribution in [2.75, 3.05) is 23.8 Å². The lowest BCUT2D eigenvalue weighted by Crippen LogP contribution is -2.29. The van der Waals surface area contributed by atoms with Crippen LogP contribution in [0.1, 0.15) is 23.8 Å². The zero-order valence-corrected chi connectivity index (χ0v) is 16.5. The number of halogens is 1. The SMILES string of the molecule is CC(=O)N(C)c1ccc(CN2CCc3onc(Nc4cccc(F)c4)c3C2)cc1. The molecule has 7 heteroatoms. The fourth-order valence-corrected chi connectivity index (χ4v) is 3.47. The summed E-state index contributed by atoms with van der Waals surface area (Å²) in [5, 5.41) is 7.30. The zero-order valence-electron chi connectivity index (χ0n) is 16.5. The summed E-state index contributed by atoms with van der Waals surface area (Å²) < 4.78 is 18.9. The van der Waals surface area contributed by atoms with Gasteiger partial charge in [0, 0.05) is 51.4 Å². The van der Waals surface area contributed by atoms with Crippen molar-refractivity contribution in [3.63, 3.8) is 0 Å². The number of nitrogens with zero attached hydrogens (tertiary/aromatic N) is 3. The van der Waals surface area contributed by atoms with Crippen molar-refractivity contribution in [3.8, 4) is 0 Å². The van der Waals surface area contributed by atoms with Crippen molar-refractivity contribution in [2.45, 2.75) is 26.4 Å². The van der Waals surface area contributed by atoms with Crippen molar-refractivity contribution >= 4 is 23.1 Å². The Kier molecular flexibility index (Phi) is 5.31. The summed E-state index contributed by atoms with van der Waals surface area (Å²) in [4.78, 5) is 15.4. The molecule has 1 aliphatic heterocycles. The molecule has 0 unspecified atom stereocenters. The smallest absolute Gasteiger partial charge is 0.223 e. The Balaban J connectivity index is 1.44. The van der Waals surface area contributed by atoms with E-state index < -0.39 is 0 Å². The molecular formula is C22H23FN4O2. The van der Waals surface area contributed by atoms with Gasteiger partial charge in [-0.15, -0.1) is 0 Å². The van der Waals surface area contributed by atoms with Crippen LogP contribution in [0.25, 0.3) is 0 Å². The third-order valence-electron chi connectivity index (χ3n) is 5.20. The second kappa shape index (κ2) is 8.05. The van der Waals surface area contributed by atoms with E-state index in [0.717, 1.165) is 36.5 Å². The van der Waals surface area contributed by atoms with E-state index in [4.69, 9.17) is 4.52 Å². The van der Waals surface area contributed by atoms with E-state index in [1.54, 1.807) is 31.0 Å². The van der Waals surface area contributed by atoms with E-state index in [0.29, 0.717) is 18.1 Å². The number of aromatic nitrogens is 1. The van der Waals surface area contributed by atoms with Crippen LogP contribution in [0.15, 0.2) is 53.1 Å². The second-order valence-corrected chi connectivity index (χ2v) is 7.27. The molecule has 2 heterocycles. The molecule has 0 spiro atoms. The highest BCUT2D eigenvalue weighted by Crippen LogP contribution is 2.29. The lowest BCUT2D eigenvalue weighted by atomic mass is 10.1. The Hall–Kier alpha value is -3.19. The van der Waals surface area contributed by atoms with Crippen molar-refractivity contribution < 1.29 is 13.7 Å². The lowest BCUT2D eigenvalue weighted by Gasteiger charge is -2.26. The van der Waals surface area contributed by atoms with Gasteiger partial charge in [-0.1, -0.05) is 23.4 Å². The summed E-state index contributed by atoms with van der Waals surface area (Å²) in [5.41, 5.74) is 3.70. The maximum atomic E-state index is 13.4. The highest BCUT2D eigenvalue weighted by molar-refractivity contribution is 5.90. The summed E-state index contributed by atoms with van der Waals surface area (Å²) in [7, 11) is 1.77. The van der Waals surface area contributed by atoms with E-state index in [-0.39, 0.29) is 11.7 Å². The van der Waals surface area contributed by atoms with Crippen molar-refractivity contribution in [1.29, 1.82) is 0 Å². The van der Waals surface area contributed by atoms with Crippen LogP contribution in [-0.2, 0) is 24.3 Å². The number of fused-ring (bicyclic) bond motifs is 1. The Bertz CT molecular complexity index is 1020. The molecule has 0 aliphatic carbocycles. The molecule has 6 nitrogen and oxygen atoms in total. The van der Waals surface area contributed by atoms with E-state index in [1.165, 1.54) is 17.7 Å². The normalized spacial score (nSPS) is 13.8. The molecule has 3 aromatic rings. The summed E-state index contributed by atoms with van der Waals surface area (Å²) in [5.74, 6) is 1.22. The quantitative estimate of drug-likeness (QED) is 0.706. The molecule has 1 N–H and O–H groups in total. The van der Waals surface area contributed by atoms with Gasteiger partial charge in [0.05, 0.1) is 5.56 Å². The first-order chi connectivity index (χ1) is 14.0. The van der Waals surface area contributed by atoms with E-state index in [2.05, 4.69) is 15.4 Å². The van der Waals surface area contributed by atoms with Gasteiger partial charge in [0.2, 0.25) is 5.91 Å². The Morgan fingerprint density at radius 1 is 1.28 bits per heavy atom. The number of nitrogens with one attached hydrogen (secondary N) is 1. The van der Waals surface area contributed by atoms with Crippen molar-refractivity contribution in [3.05, 3.63) is 71.2 Å². The number of anilines is 3. The van der Waals surface area contributed by atoms with Crippen molar-refractivity contribution in [1.82, 2.24) is 10.1 Å². The first kappa shape index (κ1) is 19.1. The fourth-order valence-electron chi connectivity index (χ4n) is 3.47. The van der Waals surface area contributed by atoms with E-state index in [1.807, 2.05) is 24.3 Å². The van der Waals surface area contributed by atoms with Gasteiger partial charge in [-0.05, 0) is 35.9 Å². The Morgan fingerprint density at radius 2 is 2.07 bits per heavy atom. The van der Waals surface area contributed by atoms with Crippen LogP contribution in [0.2, 0.25) is 0 Å². The molecule has 0 atom stereocenters. The monoisotopic (exact) mass is 394 g/mol. The Labute approximate surface area is 168 Å². The minimum absolute atomic E-state index is 0.00657. The number of hydrogen-bond acceptors (Lipinski definition) is 5. The zero-order chi connectivity index (χ0) is 20.4. The van der Waals surface area contributed by atoms with Gasteiger partial charge in [-0.2, -0.15) is 0 Å². The van der Waals surface area contributed by atoms with Gasteiger partial charge in [-0.25, -0.2) is 4.39 Å². The number of carbonyl (C=O) groups excluding carboxylic acids is 1. The fraction of sp³-hybridized carbons (Fsp3) is 0.273. The van der Waals surface area contributed by atoms with Crippen LogP contribution >= 0.6 is 0 Å². The molecule has 4 rings (SSSR count). The maximum Gasteiger partial charge on any atom is 0.223 e. The first-order valence-corrected chi connectivity index (χ1v) is 9.55. The van der Waals surface area contributed by atoms with Crippen LogP contribution < -0.4 is 10.2 Å². The van der Waals surface area contributed by atoms with E-state index in [9.17, 15) is 9.18 Å². The van der Waals surface area contributed by atoms with Crippen LogP contribution in [-0.4, -0.2) is 29.6 Å². The first-order valence-electron chi connectivity index (χ1n) is 9.55. The highest BCUT2D eigenvalue weighted by atomic mass is 19.1. The van der Waals surface area contributed by atoms with Crippen LogP contribution in [0, 0.1) is 5.82 Å². The largest absolute Gasteiger partial charge is 0.359 e. The molecule has 0 saturated heterocycles. The van der Waals surface area contributed by atoms with Crippen LogP contribution in [0.4, 0.5) is 21.6 Å². The summed E-state index contributed by atoms with van der Waals surface area (Å²) in [6.45, 7) is 3.91. The van der Waals surface area contributed by atoms with Gasteiger partial charge in [0.15, 0.2) is 5.82 Å². The maximum absolute atomic E-state index is 13.4. The number of hydrogen-bond donors (Lipinski definition) is 1. The molecule has 1 amide bonds. The topological polar surface area (TPSA) is 61.6 Å². The average molecular weight is 394 g/mol. The average Bonchev–Trinajstić information content (AvgIpc) is 3.10. The number of amides is 1.